The van der Waals surface area contributed by atoms with Crippen molar-refractivity contribution in [3.63, 3.8) is 0 Å². The van der Waals surface area contributed by atoms with Gasteiger partial charge in [-0.1, -0.05) is 20.8 Å². The van der Waals surface area contributed by atoms with Crippen LogP contribution in [0.25, 0.3) is 0 Å². The topological polar surface area (TPSA) is 66.9 Å². The molecule has 0 aliphatic heterocycles. The van der Waals surface area contributed by atoms with E-state index in [0.29, 0.717) is 0 Å². The van der Waals surface area contributed by atoms with E-state index in [9.17, 15) is 10.1 Å². The van der Waals surface area contributed by atoms with Gasteiger partial charge in [0.05, 0.1) is 6.07 Å². The summed E-state index contributed by atoms with van der Waals surface area (Å²) in [6.45, 7) is 5.46. The smallest absolute Gasteiger partial charge is 0.210 e. The summed E-state index contributed by atoms with van der Waals surface area (Å²) in [6, 6.07) is 1.99. The maximum atomic E-state index is 10.3. The molecule has 0 aromatic carbocycles. The predicted octanol–water partition coefficient (Wildman–Crippen LogP) is 1.84. The van der Waals surface area contributed by atoms with Gasteiger partial charge in [0.15, 0.2) is 0 Å². The third-order valence-electron chi connectivity index (χ3n) is 2.37. The Labute approximate surface area is 72.3 Å². The molecule has 0 aromatic rings. The molecule has 0 spiro atoms. The van der Waals surface area contributed by atoms with Gasteiger partial charge in [-0.15, -0.1) is 0 Å². The van der Waals surface area contributed by atoms with E-state index >= 15 is 0 Å². The fourth-order valence-corrected chi connectivity index (χ4v) is 0.918. The second-order valence-electron chi connectivity index (χ2n) is 3.63. The number of nitrogens with zero attached hydrogens (tertiary/aromatic N) is 2. The highest BCUT2D eigenvalue weighted by molar-refractivity contribution is 4.87. The monoisotopic (exact) mass is 170 g/mol. The van der Waals surface area contributed by atoms with Gasteiger partial charge in [0, 0.05) is 16.8 Å². The molecule has 4 nitrogen and oxygen atoms in total. The molecule has 0 radical (unpaired) electrons. The minimum absolute atomic E-state index is 0.127. The van der Waals surface area contributed by atoms with Crippen LogP contribution in [0.3, 0.4) is 0 Å². The van der Waals surface area contributed by atoms with Gasteiger partial charge in [-0.25, -0.2) is 0 Å². The Bertz CT molecular complexity index is 208. The lowest BCUT2D eigenvalue weighted by Crippen LogP contribution is -2.31. The van der Waals surface area contributed by atoms with Crippen LogP contribution in [0.1, 0.15) is 27.2 Å². The van der Waals surface area contributed by atoms with Crippen molar-refractivity contribution in [2.45, 2.75) is 27.2 Å². The Morgan fingerprint density at radius 2 is 2.17 bits per heavy atom. The Kier molecular flexibility index (Phi) is 3.68. The van der Waals surface area contributed by atoms with Crippen molar-refractivity contribution in [1.29, 1.82) is 5.26 Å². The van der Waals surface area contributed by atoms with E-state index in [0.717, 1.165) is 0 Å². The molecule has 0 N–H and O–H groups in total. The summed E-state index contributed by atoms with van der Waals surface area (Å²) in [5.74, 6) is 0.155. The molecule has 4 heteroatoms. The Morgan fingerprint density at radius 3 is 2.42 bits per heavy atom. The van der Waals surface area contributed by atoms with Crippen molar-refractivity contribution in [2.24, 2.45) is 11.3 Å². The zero-order valence-corrected chi connectivity index (χ0v) is 7.70. The lowest BCUT2D eigenvalue weighted by molar-refractivity contribution is -0.498. The molecule has 0 aromatic heterocycles. The van der Waals surface area contributed by atoms with Gasteiger partial charge in [-0.3, -0.25) is 10.1 Å². The average molecular weight is 170 g/mol. The first-order valence-corrected chi connectivity index (χ1v) is 3.91. The summed E-state index contributed by atoms with van der Waals surface area (Å²) in [7, 11) is 0. The van der Waals surface area contributed by atoms with E-state index in [2.05, 4.69) is 0 Å². The molecular weight excluding hydrogens is 156 g/mol. The zero-order chi connectivity index (χ0) is 9.78. The molecule has 0 heterocycles. The highest BCUT2D eigenvalue weighted by Gasteiger charge is 2.33. The lowest BCUT2D eigenvalue weighted by Gasteiger charge is -2.26. The molecule has 1 unspecified atom stereocenters. The number of hydrogen-bond acceptors (Lipinski definition) is 3. The minimum Gasteiger partial charge on any atom is -0.265 e. The van der Waals surface area contributed by atoms with Crippen molar-refractivity contribution >= 4 is 0 Å². The van der Waals surface area contributed by atoms with Crippen molar-refractivity contribution in [2.75, 3.05) is 6.54 Å². The van der Waals surface area contributed by atoms with Gasteiger partial charge in [0.2, 0.25) is 6.54 Å². The predicted molar refractivity (Wildman–Crippen MR) is 45.0 cm³/mol. The van der Waals surface area contributed by atoms with E-state index in [1.54, 1.807) is 6.92 Å². The van der Waals surface area contributed by atoms with Crippen molar-refractivity contribution in [3.05, 3.63) is 10.1 Å². The van der Waals surface area contributed by atoms with Crippen LogP contribution in [0.4, 0.5) is 0 Å². The van der Waals surface area contributed by atoms with Crippen LogP contribution in [0, 0.1) is 32.8 Å². The van der Waals surface area contributed by atoms with Gasteiger partial charge >= 0.3 is 0 Å². The number of nitriles is 1. The summed E-state index contributed by atoms with van der Waals surface area (Å²) in [4.78, 5) is 9.94. The fourth-order valence-electron chi connectivity index (χ4n) is 0.918. The van der Waals surface area contributed by atoms with Gasteiger partial charge in [-0.2, -0.15) is 5.26 Å². The number of rotatable bonds is 4. The first-order chi connectivity index (χ1) is 5.42. The quantitative estimate of drug-likeness (QED) is 0.477. The number of nitro groups is 1. The molecule has 0 saturated heterocycles. The van der Waals surface area contributed by atoms with E-state index in [-0.39, 0.29) is 23.8 Å². The van der Waals surface area contributed by atoms with Gasteiger partial charge in [0.1, 0.15) is 0 Å². The molecular formula is C8H14N2O2. The normalized spacial score (nSPS) is 15.2. The highest BCUT2D eigenvalue weighted by Crippen LogP contribution is 2.30. The molecule has 1 atom stereocenters. The van der Waals surface area contributed by atoms with Crippen LogP contribution in [-0.2, 0) is 0 Å². The lowest BCUT2D eigenvalue weighted by atomic mass is 9.77. The van der Waals surface area contributed by atoms with Crippen LogP contribution < -0.4 is 0 Å². The molecule has 0 aliphatic rings. The molecule has 12 heavy (non-hydrogen) atoms. The first-order valence-electron chi connectivity index (χ1n) is 3.91. The summed E-state index contributed by atoms with van der Waals surface area (Å²) in [5, 5.41) is 18.8. The fraction of sp³-hybridized carbons (Fsp3) is 0.875. The van der Waals surface area contributed by atoms with E-state index < -0.39 is 5.41 Å². The maximum Gasteiger partial charge on any atom is 0.210 e. The molecule has 68 valence electrons. The van der Waals surface area contributed by atoms with Crippen LogP contribution in [0.5, 0.6) is 0 Å². The second-order valence-corrected chi connectivity index (χ2v) is 3.63. The van der Waals surface area contributed by atoms with Crippen molar-refractivity contribution in [3.8, 4) is 6.07 Å². The third kappa shape index (κ3) is 2.87. The van der Waals surface area contributed by atoms with Crippen molar-refractivity contribution < 1.29 is 4.92 Å². The summed E-state index contributed by atoms with van der Waals surface area (Å²) < 4.78 is 0. The molecule has 0 rings (SSSR count). The van der Waals surface area contributed by atoms with Crippen molar-refractivity contribution in [1.82, 2.24) is 0 Å². The Hall–Kier alpha value is -1.11. The zero-order valence-electron chi connectivity index (χ0n) is 7.70. The van der Waals surface area contributed by atoms with Crippen LogP contribution in [0.2, 0.25) is 0 Å². The van der Waals surface area contributed by atoms with Gasteiger partial charge in [-0.05, 0) is 5.92 Å². The number of hydrogen-bond donors (Lipinski definition) is 0. The third-order valence-corrected chi connectivity index (χ3v) is 2.37. The molecule has 0 bridgehead atoms. The van der Waals surface area contributed by atoms with E-state index in [4.69, 9.17) is 5.26 Å². The minimum atomic E-state index is -0.488. The Morgan fingerprint density at radius 1 is 1.67 bits per heavy atom. The summed E-state index contributed by atoms with van der Waals surface area (Å²) >= 11 is 0. The second kappa shape index (κ2) is 4.05. The van der Waals surface area contributed by atoms with E-state index in [1.165, 1.54) is 0 Å². The van der Waals surface area contributed by atoms with Gasteiger partial charge in [0.25, 0.3) is 0 Å². The molecule has 0 fully saturated rings. The van der Waals surface area contributed by atoms with Crippen LogP contribution in [0.15, 0.2) is 0 Å². The highest BCUT2D eigenvalue weighted by atomic mass is 16.6. The maximum absolute atomic E-state index is 10.3. The first kappa shape index (κ1) is 10.9. The summed E-state index contributed by atoms with van der Waals surface area (Å²) in [6.07, 6.45) is 0.242. The average Bonchev–Trinajstić information content (AvgIpc) is 1.85. The Balaban J connectivity index is 4.41. The van der Waals surface area contributed by atoms with E-state index in [1.807, 2.05) is 19.9 Å². The molecule has 0 amide bonds. The summed E-state index contributed by atoms with van der Waals surface area (Å²) in [5.41, 5.74) is -0.488. The standard InChI is InChI=1S/C8H14N2O2/c1-7(2)8(3,4-5-9)6-10(11)12/h7H,4,6H2,1-3H3. The van der Waals surface area contributed by atoms with Gasteiger partial charge < -0.3 is 0 Å². The SMILES string of the molecule is CC(C)C(C)(CC#N)C[N+](=O)[O-]. The molecule has 0 saturated carbocycles. The largest absolute Gasteiger partial charge is 0.265 e. The van der Waals surface area contributed by atoms with Crippen LogP contribution in [-0.4, -0.2) is 11.5 Å². The molecule has 0 aliphatic carbocycles. The van der Waals surface area contributed by atoms with Crippen LogP contribution >= 0.6 is 0 Å².